The van der Waals surface area contributed by atoms with Crippen molar-refractivity contribution in [2.24, 2.45) is 0 Å². The van der Waals surface area contributed by atoms with Gasteiger partial charge in [0.1, 0.15) is 6.54 Å². The van der Waals surface area contributed by atoms with Crippen LogP contribution in [0.2, 0.25) is 0 Å². The molecule has 2 aromatic carbocycles. The van der Waals surface area contributed by atoms with E-state index in [4.69, 9.17) is 9.47 Å². The van der Waals surface area contributed by atoms with Gasteiger partial charge in [0.2, 0.25) is 5.91 Å². The highest BCUT2D eigenvalue weighted by Crippen LogP contribution is 2.35. The Morgan fingerprint density at radius 1 is 1.05 bits per heavy atom. The Morgan fingerprint density at radius 3 is 2.51 bits per heavy atom. The second-order valence-electron chi connectivity index (χ2n) is 9.57. The van der Waals surface area contributed by atoms with Gasteiger partial charge in [0.15, 0.2) is 18.1 Å². The number of nitrogens with zero attached hydrogens (tertiary/aromatic N) is 2. The summed E-state index contributed by atoms with van der Waals surface area (Å²) in [4.78, 5) is 53.3. The number of amides is 4. The van der Waals surface area contributed by atoms with E-state index in [9.17, 15) is 19.2 Å². The monoisotopic (exact) mass is 551 g/mol. The number of benzene rings is 2. The van der Waals surface area contributed by atoms with Crippen LogP contribution in [0, 0.1) is 0 Å². The summed E-state index contributed by atoms with van der Waals surface area (Å²) in [5, 5.41) is 2.44. The molecular weight excluding hydrogens is 518 g/mol. The van der Waals surface area contributed by atoms with Crippen LogP contribution in [0.3, 0.4) is 0 Å². The Balaban J connectivity index is 1.42. The van der Waals surface area contributed by atoms with E-state index in [1.807, 2.05) is 31.2 Å². The van der Waals surface area contributed by atoms with E-state index in [0.717, 1.165) is 40.8 Å². The van der Waals surface area contributed by atoms with Crippen LogP contribution >= 0.6 is 11.8 Å². The van der Waals surface area contributed by atoms with Gasteiger partial charge in [0, 0.05) is 18.8 Å². The highest BCUT2D eigenvalue weighted by Gasteiger charge is 2.37. The van der Waals surface area contributed by atoms with Gasteiger partial charge in [0.25, 0.3) is 17.1 Å². The molecule has 2 saturated heterocycles. The van der Waals surface area contributed by atoms with E-state index < -0.39 is 11.1 Å². The fourth-order valence-corrected chi connectivity index (χ4v) is 5.27. The highest BCUT2D eigenvalue weighted by atomic mass is 32.2. The predicted octanol–water partition coefficient (Wildman–Crippen LogP) is 4.88. The smallest absolute Gasteiger partial charge is 0.294 e. The van der Waals surface area contributed by atoms with E-state index >= 15 is 0 Å². The second kappa shape index (κ2) is 12.8. The number of imide groups is 1. The predicted molar refractivity (Wildman–Crippen MR) is 151 cm³/mol. The Labute approximate surface area is 232 Å². The molecule has 4 rings (SSSR count). The van der Waals surface area contributed by atoms with Crippen LogP contribution in [0.4, 0.5) is 10.5 Å². The summed E-state index contributed by atoms with van der Waals surface area (Å²) < 4.78 is 11.5. The van der Waals surface area contributed by atoms with Crippen molar-refractivity contribution in [2.45, 2.75) is 39.5 Å². The maximum Gasteiger partial charge on any atom is 0.294 e. The molecule has 0 spiro atoms. The molecule has 4 amide bonds. The number of likely N-dealkylation sites (tertiary alicyclic amines) is 1. The van der Waals surface area contributed by atoms with Gasteiger partial charge < -0.3 is 19.7 Å². The number of anilines is 1. The number of carbonyl (C=O) groups excluding carboxylic acids is 4. The van der Waals surface area contributed by atoms with Gasteiger partial charge in [-0.15, -0.1) is 0 Å². The van der Waals surface area contributed by atoms with E-state index in [1.165, 1.54) is 0 Å². The van der Waals surface area contributed by atoms with Crippen molar-refractivity contribution < 1.29 is 28.7 Å². The first kappa shape index (κ1) is 28.2. The Hall–Kier alpha value is -3.79. The van der Waals surface area contributed by atoms with Crippen molar-refractivity contribution in [3.05, 3.63) is 58.5 Å². The second-order valence-corrected chi connectivity index (χ2v) is 10.6. The third-order valence-electron chi connectivity index (χ3n) is 6.41. The minimum absolute atomic E-state index is 0.213. The first-order valence-electron chi connectivity index (χ1n) is 13.1. The minimum Gasteiger partial charge on any atom is -0.490 e. The van der Waals surface area contributed by atoms with Crippen LogP contribution in [-0.4, -0.2) is 65.6 Å². The molecule has 0 aromatic heterocycles. The quantitative estimate of drug-likeness (QED) is 0.420. The van der Waals surface area contributed by atoms with Crippen molar-refractivity contribution in [2.75, 3.05) is 38.2 Å². The van der Waals surface area contributed by atoms with Crippen molar-refractivity contribution in [1.29, 1.82) is 0 Å². The number of rotatable bonds is 10. The summed E-state index contributed by atoms with van der Waals surface area (Å²) in [6.07, 6.45) is 3.46. The average molecular weight is 552 g/mol. The van der Waals surface area contributed by atoms with Gasteiger partial charge in [-0.25, -0.2) is 0 Å². The lowest BCUT2D eigenvalue weighted by Gasteiger charge is -2.18. The number of hydrogen-bond acceptors (Lipinski definition) is 7. The molecule has 0 aliphatic carbocycles. The van der Waals surface area contributed by atoms with Crippen LogP contribution in [-0.2, 0) is 14.4 Å². The molecule has 0 saturated carbocycles. The van der Waals surface area contributed by atoms with Crippen LogP contribution in [0.5, 0.6) is 11.5 Å². The molecule has 206 valence electrons. The van der Waals surface area contributed by atoms with Crippen molar-refractivity contribution in [3.63, 3.8) is 0 Å². The molecule has 0 unspecified atom stereocenters. The van der Waals surface area contributed by atoms with Gasteiger partial charge in [-0.05, 0) is 72.8 Å². The van der Waals surface area contributed by atoms with Crippen LogP contribution < -0.4 is 14.8 Å². The lowest BCUT2D eigenvalue weighted by atomic mass is 10.0. The molecular formula is C29H33N3O6S. The largest absolute Gasteiger partial charge is 0.490 e. The lowest BCUT2D eigenvalue weighted by molar-refractivity contribution is -0.135. The summed E-state index contributed by atoms with van der Waals surface area (Å²) in [7, 11) is 0. The van der Waals surface area contributed by atoms with Crippen LogP contribution in [0.25, 0.3) is 6.08 Å². The third-order valence-corrected chi connectivity index (χ3v) is 7.31. The van der Waals surface area contributed by atoms with Crippen molar-refractivity contribution in [1.82, 2.24) is 9.80 Å². The summed E-state index contributed by atoms with van der Waals surface area (Å²) in [6.45, 7) is 7.17. The molecule has 2 aromatic rings. The summed E-state index contributed by atoms with van der Waals surface area (Å²) in [5.74, 6) is 0.0380. The maximum absolute atomic E-state index is 12.9. The Morgan fingerprint density at radius 2 is 1.79 bits per heavy atom. The van der Waals surface area contributed by atoms with E-state index in [0.29, 0.717) is 36.8 Å². The van der Waals surface area contributed by atoms with Gasteiger partial charge >= 0.3 is 0 Å². The zero-order valence-electron chi connectivity index (χ0n) is 22.4. The number of hydrogen-bond donors (Lipinski definition) is 1. The number of para-hydroxylation sites is 1. The van der Waals surface area contributed by atoms with E-state index in [1.54, 1.807) is 29.2 Å². The summed E-state index contributed by atoms with van der Waals surface area (Å²) in [6, 6.07) is 12.7. The first-order chi connectivity index (χ1) is 18.8. The molecule has 0 atom stereocenters. The number of nitrogens with one attached hydrogen (secondary N) is 1. The number of thioether (sulfide) groups is 1. The molecule has 10 heteroatoms. The normalized spacial score (nSPS) is 16.4. The molecule has 39 heavy (non-hydrogen) atoms. The van der Waals surface area contributed by atoms with Gasteiger partial charge in [-0.1, -0.05) is 38.1 Å². The summed E-state index contributed by atoms with van der Waals surface area (Å²) >= 11 is 0.805. The molecule has 2 fully saturated rings. The van der Waals surface area contributed by atoms with E-state index in [-0.39, 0.29) is 35.8 Å². The molecule has 9 nitrogen and oxygen atoms in total. The van der Waals surface area contributed by atoms with Crippen LogP contribution in [0.15, 0.2) is 47.4 Å². The summed E-state index contributed by atoms with van der Waals surface area (Å²) in [5.41, 5.74) is 2.41. The zero-order chi connectivity index (χ0) is 27.9. The topological polar surface area (TPSA) is 105 Å². The fraction of sp³-hybridized carbons (Fsp3) is 0.379. The molecule has 1 N–H and O–H groups in total. The van der Waals surface area contributed by atoms with Crippen molar-refractivity contribution >= 4 is 46.5 Å². The Bertz CT molecular complexity index is 1290. The lowest BCUT2D eigenvalue weighted by Crippen LogP contribution is -2.40. The van der Waals surface area contributed by atoms with Crippen molar-refractivity contribution in [3.8, 4) is 11.5 Å². The minimum atomic E-state index is -0.491. The zero-order valence-corrected chi connectivity index (χ0v) is 23.2. The third kappa shape index (κ3) is 7.00. The maximum atomic E-state index is 12.9. The van der Waals surface area contributed by atoms with Gasteiger partial charge in [0.05, 0.1) is 11.5 Å². The van der Waals surface area contributed by atoms with Gasteiger partial charge in [-0.3, -0.25) is 24.1 Å². The average Bonchev–Trinajstić information content (AvgIpc) is 3.54. The number of carbonyl (C=O) groups is 4. The van der Waals surface area contributed by atoms with E-state index in [2.05, 4.69) is 19.2 Å². The van der Waals surface area contributed by atoms with Crippen LogP contribution in [0.1, 0.15) is 50.7 Å². The van der Waals surface area contributed by atoms with Gasteiger partial charge in [-0.2, -0.15) is 0 Å². The Kier molecular flexibility index (Phi) is 9.29. The molecule has 0 radical (unpaired) electrons. The standard InChI is InChI=1S/C29H33N3O6S/c1-4-37-24-15-20(16-25-28(35)32(29(36)39-25)17-27(34)31-13-7-8-14-31)11-12-23(24)38-18-26(33)30-22-10-6-5-9-21(22)19(2)3/h5-6,9-12,15-16,19H,4,7-8,13-14,17-18H2,1-3H3,(H,30,33)/b25-16-. The molecule has 0 bridgehead atoms. The molecule has 2 heterocycles. The SMILES string of the molecule is CCOc1cc(/C=C2\SC(=O)N(CC(=O)N3CCCC3)C2=O)ccc1OCC(=O)Nc1ccccc1C(C)C. The fourth-order valence-electron chi connectivity index (χ4n) is 4.44. The highest BCUT2D eigenvalue weighted by molar-refractivity contribution is 8.18. The molecule has 2 aliphatic rings. The number of ether oxygens (including phenoxy) is 2. The molecule has 2 aliphatic heterocycles. The first-order valence-corrected chi connectivity index (χ1v) is 13.9.